The predicted molar refractivity (Wildman–Crippen MR) is 123 cm³/mol. The molecule has 2 aromatic rings. The normalized spacial score (nSPS) is 18.2. The average molecular weight is 438 g/mol. The molecule has 1 aliphatic heterocycles. The molecule has 1 saturated heterocycles. The topological polar surface area (TPSA) is 114 Å². The molecule has 0 unspecified atom stereocenters. The standard InChI is InChI=1S/C25H31N3O4/c1-25(2,3)15-32-22(29)13-19-12-20(28-24(19)30)14-31-21-10-8-17(9-11-21)16-4-6-18(7-5-16)23(26)27/h4-11,19-20H,12-15H2,1-3H3,(H3,26,27)(H,28,30)/t19-,20-/m0/s1. The summed E-state index contributed by atoms with van der Waals surface area (Å²) in [6.07, 6.45) is 0.638. The minimum absolute atomic E-state index is 0.0448. The molecule has 0 spiro atoms. The number of rotatable bonds is 8. The fraction of sp³-hybridized carbons (Fsp3) is 0.400. The van der Waals surface area contributed by atoms with Crippen LogP contribution >= 0.6 is 0 Å². The van der Waals surface area contributed by atoms with E-state index in [4.69, 9.17) is 20.6 Å². The molecule has 2 aromatic carbocycles. The number of carbonyl (C=O) groups is 2. The fourth-order valence-electron chi connectivity index (χ4n) is 3.45. The van der Waals surface area contributed by atoms with Crippen molar-refractivity contribution in [3.05, 3.63) is 54.1 Å². The van der Waals surface area contributed by atoms with E-state index in [0.717, 1.165) is 11.1 Å². The molecule has 4 N–H and O–H groups in total. The first-order valence-electron chi connectivity index (χ1n) is 10.7. The highest BCUT2D eigenvalue weighted by Crippen LogP contribution is 2.25. The Hall–Kier alpha value is -3.35. The van der Waals surface area contributed by atoms with Crippen molar-refractivity contribution in [3.8, 4) is 16.9 Å². The van der Waals surface area contributed by atoms with Crippen molar-refractivity contribution in [2.45, 2.75) is 39.7 Å². The monoisotopic (exact) mass is 437 g/mol. The second-order valence-corrected chi connectivity index (χ2v) is 9.39. The number of nitrogens with two attached hydrogens (primary N) is 1. The first kappa shape index (κ1) is 23.3. The number of carbonyl (C=O) groups excluding carboxylic acids is 2. The highest BCUT2D eigenvalue weighted by atomic mass is 16.5. The number of hydrogen-bond acceptors (Lipinski definition) is 5. The van der Waals surface area contributed by atoms with Crippen molar-refractivity contribution in [3.63, 3.8) is 0 Å². The Morgan fingerprint density at radius 2 is 1.69 bits per heavy atom. The van der Waals surface area contributed by atoms with Gasteiger partial charge in [-0.25, -0.2) is 0 Å². The Balaban J connectivity index is 1.48. The van der Waals surface area contributed by atoms with Crippen LogP contribution in [0.3, 0.4) is 0 Å². The van der Waals surface area contributed by atoms with Crippen LogP contribution in [0.2, 0.25) is 0 Å². The molecule has 170 valence electrons. The number of benzene rings is 2. The third-order valence-electron chi connectivity index (χ3n) is 5.20. The summed E-state index contributed by atoms with van der Waals surface area (Å²) in [6.45, 7) is 6.65. The van der Waals surface area contributed by atoms with E-state index in [-0.39, 0.29) is 41.5 Å². The average Bonchev–Trinajstić information content (AvgIpc) is 3.10. The van der Waals surface area contributed by atoms with Gasteiger partial charge in [-0.3, -0.25) is 15.0 Å². The van der Waals surface area contributed by atoms with Gasteiger partial charge in [-0.2, -0.15) is 0 Å². The quantitative estimate of drug-likeness (QED) is 0.332. The van der Waals surface area contributed by atoms with E-state index in [9.17, 15) is 9.59 Å². The van der Waals surface area contributed by atoms with E-state index in [1.165, 1.54) is 0 Å². The van der Waals surface area contributed by atoms with Crippen molar-refractivity contribution in [1.29, 1.82) is 5.41 Å². The molecular weight excluding hydrogens is 406 g/mol. The summed E-state index contributed by atoms with van der Waals surface area (Å²) in [5.74, 6) is -0.0969. The summed E-state index contributed by atoms with van der Waals surface area (Å²) in [7, 11) is 0. The number of ether oxygens (including phenoxy) is 2. The number of nitrogen functional groups attached to an aromatic ring is 1. The van der Waals surface area contributed by atoms with Crippen LogP contribution in [0.5, 0.6) is 5.75 Å². The SMILES string of the molecule is CC(C)(C)COC(=O)C[C@@H]1C[C@@H](COc2ccc(-c3ccc(C(=N)N)cc3)cc2)NC1=O. The van der Waals surface area contributed by atoms with Crippen LogP contribution in [0, 0.1) is 16.7 Å². The number of nitrogens with one attached hydrogen (secondary N) is 2. The molecule has 1 aliphatic rings. The fourth-order valence-corrected chi connectivity index (χ4v) is 3.45. The van der Waals surface area contributed by atoms with Crippen molar-refractivity contribution in [2.75, 3.05) is 13.2 Å². The molecule has 1 amide bonds. The molecule has 1 fully saturated rings. The Morgan fingerprint density at radius 3 is 2.25 bits per heavy atom. The molecule has 0 aromatic heterocycles. The minimum atomic E-state index is -0.378. The summed E-state index contributed by atoms with van der Waals surface area (Å²) in [6, 6.07) is 15.0. The zero-order chi connectivity index (χ0) is 23.3. The second kappa shape index (κ2) is 9.85. The van der Waals surface area contributed by atoms with E-state index >= 15 is 0 Å². The van der Waals surface area contributed by atoms with E-state index in [1.54, 1.807) is 0 Å². The third-order valence-corrected chi connectivity index (χ3v) is 5.20. The smallest absolute Gasteiger partial charge is 0.306 e. The Kier molecular flexibility index (Phi) is 7.18. The minimum Gasteiger partial charge on any atom is -0.491 e. The van der Waals surface area contributed by atoms with Crippen LogP contribution in [-0.4, -0.2) is 37.0 Å². The molecule has 0 saturated carbocycles. The molecule has 1 heterocycles. The summed E-state index contributed by atoms with van der Waals surface area (Å²) in [5.41, 5.74) is 8.13. The van der Waals surface area contributed by atoms with Crippen LogP contribution in [-0.2, 0) is 14.3 Å². The Bertz CT molecular complexity index is 962. The van der Waals surface area contributed by atoms with E-state index in [0.29, 0.717) is 30.9 Å². The predicted octanol–water partition coefficient (Wildman–Crippen LogP) is 3.50. The molecule has 2 atom stereocenters. The van der Waals surface area contributed by atoms with Gasteiger partial charge in [0.05, 0.1) is 25.0 Å². The summed E-state index contributed by atoms with van der Waals surface area (Å²) >= 11 is 0. The van der Waals surface area contributed by atoms with Crippen molar-refractivity contribution in [2.24, 2.45) is 17.1 Å². The molecule has 0 bridgehead atoms. The van der Waals surface area contributed by atoms with Crippen molar-refractivity contribution < 1.29 is 19.1 Å². The number of hydrogen-bond donors (Lipinski definition) is 3. The van der Waals surface area contributed by atoms with Gasteiger partial charge in [0.25, 0.3) is 0 Å². The van der Waals surface area contributed by atoms with Gasteiger partial charge in [0.1, 0.15) is 18.2 Å². The lowest BCUT2D eigenvalue weighted by Gasteiger charge is -2.18. The molecular formula is C25H31N3O4. The van der Waals surface area contributed by atoms with Gasteiger partial charge in [-0.15, -0.1) is 0 Å². The van der Waals surface area contributed by atoms with Gasteiger partial charge < -0.3 is 20.5 Å². The molecule has 7 nitrogen and oxygen atoms in total. The highest BCUT2D eigenvalue weighted by Gasteiger charge is 2.34. The highest BCUT2D eigenvalue weighted by molar-refractivity contribution is 5.95. The Labute approximate surface area is 188 Å². The zero-order valence-corrected chi connectivity index (χ0v) is 18.8. The van der Waals surface area contributed by atoms with Gasteiger partial charge in [-0.1, -0.05) is 57.2 Å². The maximum absolute atomic E-state index is 12.2. The number of amidine groups is 1. The maximum atomic E-state index is 12.2. The summed E-state index contributed by atoms with van der Waals surface area (Å²) < 4.78 is 11.1. The van der Waals surface area contributed by atoms with E-state index in [2.05, 4.69) is 5.32 Å². The van der Waals surface area contributed by atoms with Crippen molar-refractivity contribution >= 4 is 17.7 Å². The lowest BCUT2D eigenvalue weighted by Crippen LogP contribution is -2.31. The van der Waals surface area contributed by atoms with E-state index in [1.807, 2.05) is 69.3 Å². The Morgan fingerprint density at radius 1 is 1.09 bits per heavy atom. The summed E-state index contributed by atoms with van der Waals surface area (Å²) in [4.78, 5) is 24.2. The van der Waals surface area contributed by atoms with Gasteiger partial charge in [0.2, 0.25) is 5.91 Å². The molecule has 32 heavy (non-hydrogen) atoms. The van der Waals surface area contributed by atoms with Crippen LogP contribution in [0.25, 0.3) is 11.1 Å². The third kappa shape index (κ3) is 6.57. The zero-order valence-electron chi connectivity index (χ0n) is 18.8. The lowest BCUT2D eigenvalue weighted by molar-refractivity contribution is -0.148. The molecule has 0 radical (unpaired) electrons. The lowest BCUT2D eigenvalue weighted by atomic mass is 9.98. The van der Waals surface area contributed by atoms with Crippen LogP contribution < -0.4 is 15.8 Å². The van der Waals surface area contributed by atoms with Crippen LogP contribution in [0.1, 0.15) is 39.2 Å². The maximum Gasteiger partial charge on any atom is 0.306 e. The van der Waals surface area contributed by atoms with Crippen LogP contribution in [0.15, 0.2) is 48.5 Å². The molecule has 3 rings (SSSR count). The van der Waals surface area contributed by atoms with Gasteiger partial charge in [-0.05, 0) is 35.1 Å². The van der Waals surface area contributed by atoms with Crippen molar-refractivity contribution in [1.82, 2.24) is 5.32 Å². The molecule has 7 heteroatoms. The molecule has 0 aliphatic carbocycles. The first-order chi connectivity index (χ1) is 15.1. The van der Waals surface area contributed by atoms with Gasteiger partial charge in [0.15, 0.2) is 0 Å². The number of esters is 1. The first-order valence-corrected chi connectivity index (χ1v) is 10.7. The summed E-state index contributed by atoms with van der Waals surface area (Å²) in [5, 5.41) is 10.4. The second-order valence-electron chi connectivity index (χ2n) is 9.39. The van der Waals surface area contributed by atoms with Gasteiger partial charge >= 0.3 is 5.97 Å². The number of amides is 1. The largest absolute Gasteiger partial charge is 0.491 e. The van der Waals surface area contributed by atoms with Crippen LogP contribution in [0.4, 0.5) is 0 Å². The van der Waals surface area contributed by atoms with E-state index < -0.39 is 0 Å². The van der Waals surface area contributed by atoms with Gasteiger partial charge in [0, 0.05) is 5.56 Å².